The standard InChI is InChI=1S/C18H27N3O3S/c1-5-20(18(23)19-13(2)3)10-11-21-16(22)12-25-17(21)14-8-6-7-9-15(14)24-4/h6-9,13,17H,5,10-12H2,1-4H3,(H,19,23)/t17-/m0/s1. The number of carbonyl (C=O) groups excluding carboxylic acids is 2. The summed E-state index contributed by atoms with van der Waals surface area (Å²) in [5.74, 6) is 1.33. The van der Waals surface area contributed by atoms with Gasteiger partial charge in [0.1, 0.15) is 11.1 Å². The molecule has 3 amide bonds. The molecule has 1 saturated heterocycles. The second-order valence-corrected chi connectivity index (χ2v) is 7.24. The van der Waals surface area contributed by atoms with Crippen molar-refractivity contribution in [1.82, 2.24) is 15.1 Å². The molecule has 0 bridgehead atoms. The molecule has 0 spiro atoms. The second-order valence-electron chi connectivity index (χ2n) is 6.18. The van der Waals surface area contributed by atoms with Crippen molar-refractivity contribution in [3.05, 3.63) is 29.8 Å². The summed E-state index contributed by atoms with van der Waals surface area (Å²) in [7, 11) is 1.64. The first-order valence-corrected chi connectivity index (χ1v) is 9.62. The Kier molecular flexibility index (Phi) is 6.99. The molecule has 138 valence electrons. The largest absolute Gasteiger partial charge is 0.496 e. The van der Waals surface area contributed by atoms with Crippen LogP contribution in [-0.4, -0.2) is 60.3 Å². The molecule has 1 N–H and O–H groups in total. The van der Waals surface area contributed by atoms with Crippen LogP contribution in [0.15, 0.2) is 24.3 Å². The van der Waals surface area contributed by atoms with E-state index in [-0.39, 0.29) is 23.4 Å². The molecule has 2 rings (SSSR count). The highest BCUT2D eigenvalue weighted by molar-refractivity contribution is 8.00. The zero-order valence-corrected chi connectivity index (χ0v) is 16.1. The van der Waals surface area contributed by atoms with Gasteiger partial charge in [-0.3, -0.25) is 4.79 Å². The van der Waals surface area contributed by atoms with Gasteiger partial charge in [-0.25, -0.2) is 4.79 Å². The van der Waals surface area contributed by atoms with Crippen molar-refractivity contribution in [2.75, 3.05) is 32.5 Å². The van der Waals surface area contributed by atoms with Crippen LogP contribution in [0.5, 0.6) is 5.75 Å². The van der Waals surface area contributed by atoms with E-state index in [9.17, 15) is 9.59 Å². The molecule has 1 aromatic rings. The number of urea groups is 1. The van der Waals surface area contributed by atoms with E-state index in [1.807, 2.05) is 49.9 Å². The van der Waals surface area contributed by atoms with E-state index in [1.165, 1.54) is 0 Å². The Morgan fingerprint density at radius 3 is 2.80 bits per heavy atom. The van der Waals surface area contributed by atoms with Crippen molar-refractivity contribution < 1.29 is 14.3 Å². The van der Waals surface area contributed by atoms with Gasteiger partial charge in [-0.15, -0.1) is 11.8 Å². The molecule has 1 fully saturated rings. The summed E-state index contributed by atoms with van der Waals surface area (Å²) in [5.41, 5.74) is 0.996. The van der Waals surface area contributed by atoms with E-state index in [0.29, 0.717) is 25.4 Å². The zero-order chi connectivity index (χ0) is 18.4. The quantitative estimate of drug-likeness (QED) is 0.807. The van der Waals surface area contributed by atoms with Gasteiger partial charge >= 0.3 is 6.03 Å². The third-order valence-corrected chi connectivity index (χ3v) is 5.30. The van der Waals surface area contributed by atoms with Crippen LogP contribution < -0.4 is 10.1 Å². The molecule has 1 aliphatic rings. The molecule has 0 unspecified atom stereocenters. The van der Waals surface area contributed by atoms with Gasteiger partial charge in [0.2, 0.25) is 5.91 Å². The SMILES string of the molecule is CCN(CCN1C(=O)CS[C@H]1c1ccccc1OC)C(=O)NC(C)C. The van der Waals surface area contributed by atoms with Crippen molar-refractivity contribution in [2.24, 2.45) is 0 Å². The first kappa shape index (κ1) is 19.4. The van der Waals surface area contributed by atoms with Crippen LogP contribution in [0, 0.1) is 0 Å². The number of likely N-dealkylation sites (N-methyl/N-ethyl adjacent to an activating group) is 1. The second kappa shape index (κ2) is 8.99. The first-order valence-electron chi connectivity index (χ1n) is 8.57. The fourth-order valence-corrected chi connectivity index (χ4v) is 4.04. The van der Waals surface area contributed by atoms with Crippen molar-refractivity contribution in [3.8, 4) is 5.75 Å². The normalized spacial score (nSPS) is 17.1. The summed E-state index contributed by atoms with van der Waals surface area (Å²) in [5, 5.41) is 2.83. The fraction of sp³-hybridized carbons (Fsp3) is 0.556. The number of methoxy groups -OCH3 is 1. The lowest BCUT2D eigenvalue weighted by Gasteiger charge is -2.29. The smallest absolute Gasteiger partial charge is 0.317 e. The number of nitrogens with one attached hydrogen (secondary N) is 1. The molecule has 25 heavy (non-hydrogen) atoms. The molecule has 0 saturated carbocycles. The number of thioether (sulfide) groups is 1. The maximum absolute atomic E-state index is 12.4. The number of benzene rings is 1. The molecule has 7 heteroatoms. The summed E-state index contributed by atoms with van der Waals surface area (Å²) in [6.45, 7) is 7.43. The Morgan fingerprint density at radius 2 is 2.16 bits per heavy atom. The molecule has 0 radical (unpaired) electrons. The van der Waals surface area contributed by atoms with Gasteiger partial charge in [-0.05, 0) is 26.8 Å². The predicted molar refractivity (Wildman–Crippen MR) is 101 cm³/mol. The maximum atomic E-state index is 12.4. The van der Waals surface area contributed by atoms with E-state index >= 15 is 0 Å². The van der Waals surface area contributed by atoms with Crippen LogP contribution in [0.1, 0.15) is 31.7 Å². The number of hydrogen-bond acceptors (Lipinski definition) is 4. The highest BCUT2D eigenvalue weighted by Crippen LogP contribution is 2.42. The van der Waals surface area contributed by atoms with Crippen molar-refractivity contribution in [1.29, 1.82) is 0 Å². The van der Waals surface area contributed by atoms with Crippen LogP contribution >= 0.6 is 11.8 Å². The number of hydrogen-bond donors (Lipinski definition) is 1. The number of amides is 3. The average Bonchev–Trinajstić information content (AvgIpc) is 2.95. The Balaban J connectivity index is 2.08. The lowest BCUT2D eigenvalue weighted by molar-refractivity contribution is -0.128. The van der Waals surface area contributed by atoms with E-state index in [1.54, 1.807) is 23.8 Å². The number of nitrogens with zero attached hydrogens (tertiary/aromatic N) is 2. The molecular weight excluding hydrogens is 338 g/mol. The summed E-state index contributed by atoms with van der Waals surface area (Å²) in [6, 6.07) is 7.77. The van der Waals surface area contributed by atoms with Crippen molar-refractivity contribution in [2.45, 2.75) is 32.2 Å². The fourth-order valence-electron chi connectivity index (χ4n) is 2.79. The molecule has 0 aliphatic carbocycles. The van der Waals surface area contributed by atoms with E-state index in [0.717, 1.165) is 11.3 Å². The van der Waals surface area contributed by atoms with Gasteiger partial charge in [-0.1, -0.05) is 18.2 Å². The van der Waals surface area contributed by atoms with Gasteiger partial charge < -0.3 is 19.9 Å². The molecule has 6 nitrogen and oxygen atoms in total. The number of carbonyl (C=O) groups is 2. The highest BCUT2D eigenvalue weighted by Gasteiger charge is 2.34. The number of para-hydroxylation sites is 1. The minimum atomic E-state index is -0.0920. The van der Waals surface area contributed by atoms with Gasteiger partial charge in [0, 0.05) is 31.2 Å². The summed E-state index contributed by atoms with van der Waals surface area (Å²) in [6.07, 6.45) is 0. The van der Waals surface area contributed by atoms with Crippen LogP contribution in [0.25, 0.3) is 0 Å². The highest BCUT2D eigenvalue weighted by atomic mass is 32.2. The summed E-state index contributed by atoms with van der Waals surface area (Å²) >= 11 is 1.60. The van der Waals surface area contributed by atoms with Crippen molar-refractivity contribution >= 4 is 23.7 Å². The van der Waals surface area contributed by atoms with Gasteiger partial charge in [0.05, 0.1) is 12.9 Å². The van der Waals surface area contributed by atoms with Gasteiger partial charge in [-0.2, -0.15) is 0 Å². The van der Waals surface area contributed by atoms with E-state index < -0.39 is 0 Å². The van der Waals surface area contributed by atoms with E-state index in [2.05, 4.69) is 5.32 Å². The Labute approximate surface area is 153 Å². The number of rotatable bonds is 7. The first-order chi connectivity index (χ1) is 12.0. The molecule has 1 aliphatic heterocycles. The van der Waals surface area contributed by atoms with Crippen LogP contribution in [0.3, 0.4) is 0 Å². The predicted octanol–water partition coefficient (Wildman–Crippen LogP) is 2.71. The lowest BCUT2D eigenvalue weighted by atomic mass is 10.2. The monoisotopic (exact) mass is 365 g/mol. The minimum absolute atomic E-state index is 0.0736. The molecule has 1 heterocycles. The third kappa shape index (κ3) is 4.81. The Bertz CT molecular complexity index is 609. The maximum Gasteiger partial charge on any atom is 0.317 e. The molecule has 1 atom stereocenters. The summed E-state index contributed by atoms with van der Waals surface area (Å²) in [4.78, 5) is 28.1. The van der Waals surface area contributed by atoms with Crippen LogP contribution in [0.4, 0.5) is 4.79 Å². The van der Waals surface area contributed by atoms with Crippen LogP contribution in [-0.2, 0) is 4.79 Å². The molecule has 0 aromatic heterocycles. The zero-order valence-electron chi connectivity index (χ0n) is 15.3. The van der Waals surface area contributed by atoms with Crippen LogP contribution in [0.2, 0.25) is 0 Å². The van der Waals surface area contributed by atoms with Gasteiger partial charge in [0.25, 0.3) is 0 Å². The number of ether oxygens (including phenoxy) is 1. The molecule has 1 aromatic carbocycles. The topological polar surface area (TPSA) is 61.9 Å². The summed E-state index contributed by atoms with van der Waals surface area (Å²) < 4.78 is 5.44. The third-order valence-electron chi connectivity index (χ3n) is 4.06. The van der Waals surface area contributed by atoms with Gasteiger partial charge in [0.15, 0.2) is 0 Å². The lowest BCUT2D eigenvalue weighted by Crippen LogP contribution is -2.46. The Hall–Kier alpha value is -1.89. The van der Waals surface area contributed by atoms with Crippen molar-refractivity contribution in [3.63, 3.8) is 0 Å². The van der Waals surface area contributed by atoms with E-state index in [4.69, 9.17) is 4.74 Å². The Morgan fingerprint density at radius 1 is 1.44 bits per heavy atom. The minimum Gasteiger partial charge on any atom is -0.496 e. The average molecular weight is 365 g/mol. The molecular formula is C18H27N3O3S.